The second kappa shape index (κ2) is 11.6. The SMILES string of the molecule is Cc1ccc(COc2ccc3c(c2)c(C=Cc2nn[nH]n2)cn3C(C)C(=O)NCCc2ccccc2)cc1. The second-order valence-corrected chi connectivity index (χ2v) is 9.25. The number of hydrogen-bond acceptors (Lipinski definition) is 5. The van der Waals surface area contributed by atoms with Crippen molar-refractivity contribution in [2.45, 2.75) is 32.9 Å². The molecule has 0 aliphatic rings. The van der Waals surface area contributed by atoms with E-state index in [4.69, 9.17) is 4.74 Å². The Balaban J connectivity index is 1.37. The highest BCUT2D eigenvalue weighted by molar-refractivity contribution is 5.94. The summed E-state index contributed by atoms with van der Waals surface area (Å²) in [6, 6.07) is 24.0. The summed E-state index contributed by atoms with van der Waals surface area (Å²) in [5.74, 6) is 1.20. The molecule has 2 N–H and O–H groups in total. The molecule has 1 atom stereocenters. The average molecular weight is 507 g/mol. The maximum atomic E-state index is 13.1. The fourth-order valence-electron chi connectivity index (χ4n) is 4.31. The number of aromatic nitrogens is 5. The highest BCUT2D eigenvalue weighted by Crippen LogP contribution is 2.30. The van der Waals surface area contributed by atoms with Crippen molar-refractivity contribution in [3.8, 4) is 5.75 Å². The summed E-state index contributed by atoms with van der Waals surface area (Å²) in [6.07, 6.45) is 6.47. The van der Waals surface area contributed by atoms with E-state index in [0.29, 0.717) is 19.0 Å². The predicted octanol–water partition coefficient (Wildman–Crippen LogP) is 5.13. The van der Waals surface area contributed by atoms with E-state index in [0.717, 1.165) is 34.2 Å². The molecule has 1 unspecified atom stereocenters. The molecule has 5 aromatic rings. The van der Waals surface area contributed by atoms with E-state index >= 15 is 0 Å². The van der Waals surface area contributed by atoms with Gasteiger partial charge in [0.05, 0.1) is 0 Å². The van der Waals surface area contributed by atoms with Crippen molar-refractivity contribution in [2.24, 2.45) is 0 Å². The summed E-state index contributed by atoms with van der Waals surface area (Å²) in [7, 11) is 0. The number of ether oxygens (including phenoxy) is 1. The zero-order valence-electron chi connectivity index (χ0n) is 21.5. The van der Waals surface area contributed by atoms with Gasteiger partial charge in [0.25, 0.3) is 0 Å². The van der Waals surface area contributed by atoms with Gasteiger partial charge in [0.15, 0.2) is 5.82 Å². The van der Waals surface area contributed by atoms with Gasteiger partial charge in [-0.3, -0.25) is 4.79 Å². The molecule has 8 nitrogen and oxygen atoms in total. The molecule has 0 radical (unpaired) electrons. The van der Waals surface area contributed by atoms with Crippen molar-refractivity contribution in [2.75, 3.05) is 6.54 Å². The number of nitrogens with one attached hydrogen (secondary N) is 2. The molecule has 0 saturated heterocycles. The molecule has 1 amide bonds. The van der Waals surface area contributed by atoms with Crippen LogP contribution in [0.2, 0.25) is 0 Å². The molecule has 8 heteroatoms. The van der Waals surface area contributed by atoms with Crippen LogP contribution in [0, 0.1) is 6.92 Å². The Morgan fingerprint density at radius 1 is 1.05 bits per heavy atom. The molecule has 0 fully saturated rings. The van der Waals surface area contributed by atoms with Gasteiger partial charge in [-0.05, 0) is 67.0 Å². The van der Waals surface area contributed by atoms with Crippen molar-refractivity contribution in [1.29, 1.82) is 0 Å². The fourth-order valence-corrected chi connectivity index (χ4v) is 4.31. The quantitative estimate of drug-likeness (QED) is 0.274. The van der Waals surface area contributed by atoms with Gasteiger partial charge in [0.1, 0.15) is 18.4 Å². The average Bonchev–Trinajstić information content (AvgIpc) is 3.59. The zero-order valence-corrected chi connectivity index (χ0v) is 21.5. The first-order valence-corrected chi connectivity index (χ1v) is 12.6. The molecule has 0 bridgehead atoms. The van der Waals surface area contributed by atoms with Gasteiger partial charge in [-0.25, -0.2) is 0 Å². The van der Waals surface area contributed by atoms with Crippen LogP contribution >= 0.6 is 0 Å². The van der Waals surface area contributed by atoms with Gasteiger partial charge in [0.2, 0.25) is 5.91 Å². The molecular weight excluding hydrogens is 476 g/mol. The number of rotatable bonds is 10. The fraction of sp³-hybridized carbons (Fsp3) is 0.200. The maximum Gasteiger partial charge on any atom is 0.242 e. The summed E-state index contributed by atoms with van der Waals surface area (Å²) in [6.45, 7) is 5.03. The Hall–Kier alpha value is -4.72. The first-order chi connectivity index (χ1) is 18.6. The Morgan fingerprint density at radius 3 is 2.63 bits per heavy atom. The van der Waals surface area contributed by atoms with Gasteiger partial charge in [-0.1, -0.05) is 60.2 Å². The standard InChI is InChI=1S/C30H30N6O2/c1-21-8-10-24(11-9-21)20-38-26-13-14-28-27(18-26)25(12-15-29-32-34-35-33-29)19-36(28)22(2)30(37)31-17-16-23-6-4-3-5-7-23/h3-15,18-19,22H,16-17,20H2,1-2H3,(H,31,37)(H,32,33,34,35). The molecule has 0 aliphatic carbocycles. The maximum absolute atomic E-state index is 13.1. The van der Waals surface area contributed by atoms with E-state index in [-0.39, 0.29) is 5.91 Å². The lowest BCUT2D eigenvalue weighted by atomic mass is 10.1. The Bertz CT molecular complexity index is 1520. The zero-order chi connectivity index (χ0) is 26.3. The van der Waals surface area contributed by atoms with Crippen LogP contribution in [0.4, 0.5) is 0 Å². The van der Waals surface area contributed by atoms with Gasteiger partial charge in [-0.2, -0.15) is 5.21 Å². The van der Waals surface area contributed by atoms with Crippen molar-refractivity contribution >= 4 is 29.0 Å². The van der Waals surface area contributed by atoms with Crippen LogP contribution < -0.4 is 10.1 Å². The predicted molar refractivity (Wildman–Crippen MR) is 148 cm³/mol. The summed E-state index contributed by atoms with van der Waals surface area (Å²) < 4.78 is 8.10. The molecule has 2 aromatic heterocycles. The van der Waals surface area contributed by atoms with E-state index in [9.17, 15) is 4.79 Å². The second-order valence-electron chi connectivity index (χ2n) is 9.25. The van der Waals surface area contributed by atoms with Crippen LogP contribution in [0.1, 0.15) is 41.0 Å². The van der Waals surface area contributed by atoms with Gasteiger partial charge >= 0.3 is 0 Å². The molecule has 38 heavy (non-hydrogen) atoms. The third kappa shape index (κ3) is 5.98. The van der Waals surface area contributed by atoms with Crippen molar-refractivity contribution in [3.63, 3.8) is 0 Å². The number of aryl methyl sites for hydroxylation is 1. The summed E-state index contributed by atoms with van der Waals surface area (Å²) in [4.78, 5) is 13.1. The minimum absolute atomic E-state index is 0.0359. The van der Waals surface area contributed by atoms with Gasteiger partial charge in [-0.15, -0.1) is 10.2 Å². The number of hydrogen-bond donors (Lipinski definition) is 2. The lowest BCUT2D eigenvalue weighted by Gasteiger charge is -2.16. The van der Waals surface area contributed by atoms with Crippen LogP contribution in [0.5, 0.6) is 5.75 Å². The number of benzene rings is 3. The molecule has 3 aromatic carbocycles. The molecule has 192 valence electrons. The third-order valence-electron chi connectivity index (χ3n) is 6.49. The highest BCUT2D eigenvalue weighted by atomic mass is 16.5. The van der Waals surface area contributed by atoms with Crippen molar-refractivity contribution in [3.05, 3.63) is 107 Å². The number of aromatic amines is 1. The largest absolute Gasteiger partial charge is 0.489 e. The van der Waals surface area contributed by atoms with Gasteiger partial charge < -0.3 is 14.6 Å². The monoisotopic (exact) mass is 506 g/mol. The normalized spacial score (nSPS) is 12.2. The van der Waals surface area contributed by atoms with E-state index in [2.05, 4.69) is 69.3 Å². The topological polar surface area (TPSA) is 97.7 Å². The number of nitrogens with zero attached hydrogens (tertiary/aromatic N) is 4. The van der Waals surface area contributed by atoms with Crippen LogP contribution in [0.3, 0.4) is 0 Å². The van der Waals surface area contributed by atoms with Crippen LogP contribution in [0.25, 0.3) is 23.1 Å². The smallest absolute Gasteiger partial charge is 0.242 e. The van der Waals surface area contributed by atoms with Crippen LogP contribution in [0.15, 0.2) is 79.0 Å². The Kier molecular flexibility index (Phi) is 7.59. The summed E-state index contributed by atoms with van der Waals surface area (Å²) in [5, 5.41) is 18.1. The van der Waals surface area contributed by atoms with E-state index in [1.807, 2.05) is 60.2 Å². The minimum atomic E-state index is -0.403. The van der Waals surface area contributed by atoms with E-state index < -0.39 is 6.04 Å². The first kappa shape index (κ1) is 25.0. The van der Waals surface area contributed by atoms with E-state index in [1.165, 1.54) is 11.1 Å². The van der Waals surface area contributed by atoms with Crippen molar-refractivity contribution < 1.29 is 9.53 Å². The highest BCUT2D eigenvalue weighted by Gasteiger charge is 2.19. The number of fused-ring (bicyclic) bond motifs is 1. The van der Waals surface area contributed by atoms with E-state index in [1.54, 1.807) is 6.08 Å². The Morgan fingerprint density at radius 2 is 1.87 bits per heavy atom. The molecular formula is C30H30N6O2. The van der Waals surface area contributed by atoms with Crippen molar-refractivity contribution in [1.82, 2.24) is 30.5 Å². The lowest BCUT2D eigenvalue weighted by Crippen LogP contribution is -2.32. The number of H-pyrrole nitrogens is 1. The Labute approximate surface area is 221 Å². The number of amides is 1. The van der Waals surface area contributed by atoms with Crippen LogP contribution in [-0.4, -0.2) is 37.6 Å². The number of tetrazole rings is 1. The number of carbonyl (C=O) groups is 1. The summed E-state index contributed by atoms with van der Waals surface area (Å²) in [5.41, 5.74) is 5.37. The lowest BCUT2D eigenvalue weighted by molar-refractivity contribution is -0.123. The van der Waals surface area contributed by atoms with Gasteiger partial charge in [0, 0.05) is 29.2 Å². The molecule has 0 saturated carbocycles. The molecule has 2 heterocycles. The summed E-state index contributed by atoms with van der Waals surface area (Å²) >= 11 is 0. The third-order valence-corrected chi connectivity index (χ3v) is 6.49. The minimum Gasteiger partial charge on any atom is -0.489 e. The molecule has 5 rings (SSSR count). The molecule has 0 aliphatic heterocycles. The van der Waals surface area contributed by atoms with Crippen LogP contribution in [-0.2, 0) is 17.8 Å². The first-order valence-electron chi connectivity index (χ1n) is 12.6. The number of carbonyl (C=O) groups excluding carboxylic acids is 1. The molecule has 0 spiro atoms.